The van der Waals surface area contributed by atoms with Crippen molar-refractivity contribution in [3.05, 3.63) is 65.2 Å². The molecule has 1 unspecified atom stereocenters. The van der Waals surface area contributed by atoms with Crippen LogP contribution in [0, 0.1) is 5.92 Å². The Morgan fingerprint density at radius 2 is 1.91 bits per heavy atom. The minimum absolute atomic E-state index is 0.283. The number of hydrogen-bond donors (Lipinski definition) is 1. The van der Waals surface area contributed by atoms with Crippen LogP contribution in [0.1, 0.15) is 61.6 Å². The number of phenolic OH excluding ortho intramolecular Hbond substituents is 1. The Kier molecular flexibility index (Phi) is 5.34. The molecule has 1 heterocycles. The van der Waals surface area contributed by atoms with Crippen molar-refractivity contribution >= 4 is 5.78 Å². The summed E-state index contributed by atoms with van der Waals surface area (Å²) in [5, 5.41) is 11.1. The van der Waals surface area contributed by atoms with Gasteiger partial charge in [0.25, 0.3) is 0 Å². The van der Waals surface area contributed by atoms with E-state index in [4.69, 9.17) is 4.74 Å². The van der Waals surface area contributed by atoms with E-state index in [-0.39, 0.29) is 6.04 Å². The zero-order valence-electron chi connectivity index (χ0n) is 19.5. The first-order valence-electron chi connectivity index (χ1n) is 12.9. The normalized spacial score (nSPS) is 31.2. The highest BCUT2D eigenvalue weighted by Gasteiger charge is 2.67. The lowest BCUT2D eigenvalue weighted by atomic mass is 9.49. The molecule has 33 heavy (non-hydrogen) atoms. The van der Waals surface area contributed by atoms with Gasteiger partial charge in [-0.15, -0.1) is 0 Å². The number of ether oxygens (including phenoxy) is 1. The van der Waals surface area contributed by atoms with Crippen molar-refractivity contribution in [2.24, 2.45) is 5.92 Å². The number of Topliss-reactive ketones (excluding diaryl/α,β-unsaturated/α-hetero) is 1. The third kappa shape index (κ3) is 3.54. The lowest BCUT2D eigenvalue weighted by molar-refractivity contribution is -0.201. The van der Waals surface area contributed by atoms with Crippen molar-refractivity contribution in [1.82, 2.24) is 4.90 Å². The van der Waals surface area contributed by atoms with E-state index in [9.17, 15) is 9.90 Å². The van der Waals surface area contributed by atoms with E-state index < -0.39 is 11.0 Å². The Bertz CT molecular complexity index is 1030. The molecule has 2 saturated carbocycles. The first kappa shape index (κ1) is 21.4. The van der Waals surface area contributed by atoms with Gasteiger partial charge in [0.05, 0.1) is 5.60 Å². The summed E-state index contributed by atoms with van der Waals surface area (Å²) in [5.41, 5.74) is 2.78. The highest BCUT2D eigenvalue weighted by molar-refractivity contribution is 5.83. The second-order valence-electron chi connectivity index (χ2n) is 10.8. The predicted octanol–water partition coefficient (Wildman–Crippen LogP) is 4.81. The molecule has 174 valence electrons. The number of carbonyl (C=O) groups excluding carboxylic acids is 1. The van der Waals surface area contributed by atoms with Gasteiger partial charge in [-0.2, -0.15) is 0 Å². The van der Waals surface area contributed by atoms with Crippen molar-refractivity contribution in [1.29, 1.82) is 0 Å². The van der Waals surface area contributed by atoms with Crippen LogP contribution in [0.15, 0.2) is 48.5 Å². The average molecular weight is 446 g/mol. The number of fused-ring (bicyclic) bond motifs is 1. The van der Waals surface area contributed by atoms with Gasteiger partial charge in [-0.05, 0) is 74.6 Å². The highest BCUT2D eigenvalue weighted by Crippen LogP contribution is 2.61. The lowest BCUT2D eigenvalue weighted by Crippen LogP contribution is -2.74. The van der Waals surface area contributed by atoms with Crippen LogP contribution < -0.4 is 0 Å². The van der Waals surface area contributed by atoms with E-state index in [2.05, 4.69) is 41.3 Å². The van der Waals surface area contributed by atoms with Crippen LogP contribution in [0.4, 0.5) is 0 Å². The van der Waals surface area contributed by atoms with E-state index in [1.807, 2.05) is 12.1 Å². The van der Waals surface area contributed by atoms with Gasteiger partial charge in [0.15, 0.2) is 0 Å². The first-order chi connectivity index (χ1) is 16.1. The molecule has 2 aromatic carbocycles. The zero-order valence-corrected chi connectivity index (χ0v) is 19.5. The molecule has 2 bridgehead atoms. The largest absolute Gasteiger partial charge is 0.508 e. The van der Waals surface area contributed by atoms with Gasteiger partial charge < -0.3 is 9.84 Å². The molecule has 1 aliphatic heterocycles. The summed E-state index contributed by atoms with van der Waals surface area (Å²) in [7, 11) is 0. The number of carbonyl (C=O) groups is 1. The molecule has 2 aromatic rings. The minimum atomic E-state index is -0.404. The molecule has 1 saturated heterocycles. The Morgan fingerprint density at radius 3 is 2.73 bits per heavy atom. The van der Waals surface area contributed by atoms with Gasteiger partial charge in [-0.25, -0.2) is 0 Å². The number of piperidine rings is 1. The molecule has 3 fully saturated rings. The zero-order chi connectivity index (χ0) is 22.5. The molecular formula is C29H35NO3. The van der Waals surface area contributed by atoms with Crippen LogP contribution in [0.3, 0.4) is 0 Å². The SMILES string of the molecule is O=C1CC[C@@]2(OCCCc3ccccc3)[C@H]3Cc4cccc(O)c4C2(CCN3CC2CC2)C1. The van der Waals surface area contributed by atoms with Crippen molar-refractivity contribution < 1.29 is 14.6 Å². The molecule has 4 aliphatic rings. The molecule has 3 atom stereocenters. The number of rotatable bonds is 7. The molecule has 0 spiro atoms. The van der Waals surface area contributed by atoms with Crippen molar-refractivity contribution in [3.63, 3.8) is 0 Å². The van der Waals surface area contributed by atoms with Crippen LogP contribution in [0.25, 0.3) is 0 Å². The Morgan fingerprint density at radius 1 is 1.06 bits per heavy atom. The van der Waals surface area contributed by atoms with Gasteiger partial charge >= 0.3 is 0 Å². The molecule has 1 N–H and O–H groups in total. The Balaban J connectivity index is 1.36. The second kappa shape index (κ2) is 8.25. The van der Waals surface area contributed by atoms with Crippen LogP contribution in [0.5, 0.6) is 5.75 Å². The monoisotopic (exact) mass is 445 g/mol. The van der Waals surface area contributed by atoms with E-state index in [1.165, 1.54) is 24.0 Å². The maximum absolute atomic E-state index is 12.9. The fourth-order valence-corrected chi connectivity index (χ4v) is 7.28. The fraction of sp³-hybridized carbons (Fsp3) is 0.552. The van der Waals surface area contributed by atoms with Crippen LogP contribution in [0.2, 0.25) is 0 Å². The average Bonchev–Trinajstić information content (AvgIpc) is 3.63. The molecule has 3 aliphatic carbocycles. The molecule has 4 nitrogen and oxygen atoms in total. The number of nitrogens with zero attached hydrogens (tertiary/aromatic N) is 1. The Labute approximate surface area is 196 Å². The second-order valence-corrected chi connectivity index (χ2v) is 10.8. The summed E-state index contributed by atoms with van der Waals surface area (Å²) in [6.07, 6.45) is 8.33. The summed E-state index contributed by atoms with van der Waals surface area (Å²) < 4.78 is 7.04. The maximum atomic E-state index is 12.9. The smallest absolute Gasteiger partial charge is 0.134 e. The lowest BCUT2D eigenvalue weighted by Gasteiger charge is -2.65. The van der Waals surface area contributed by atoms with E-state index in [1.54, 1.807) is 0 Å². The van der Waals surface area contributed by atoms with Gasteiger partial charge in [0.2, 0.25) is 0 Å². The number of aromatic hydroxyl groups is 1. The molecular weight excluding hydrogens is 410 g/mol. The van der Waals surface area contributed by atoms with Crippen molar-refractivity contribution in [2.45, 2.75) is 74.8 Å². The summed E-state index contributed by atoms with van der Waals surface area (Å²) in [5.74, 6) is 1.50. The highest BCUT2D eigenvalue weighted by atomic mass is 16.5. The molecule has 4 heteroatoms. The standard InChI is InChI=1S/C29H35NO3/c31-24-13-14-29(33-17-5-8-21-6-2-1-3-7-21)26-18-23-9-4-10-25(32)27(23)28(29,19-24)15-16-30(26)20-22-11-12-22/h1-4,6-7,9-10,22,26,32H,5,8,11-20H2/t26-,28?,29-/m1/s1. The topological polar surface area (TPSA) is 49.8 Å². The molecule has 6 rings (SSSR count). The van der Waals surface area contributed by atoms with Crippen LogP contribution in [-0.2, 0) is 27.8 Å². The molecule has 0 radical (unpaired) electrons. The third-order valence-electron chi connectivity index (χ3n) is 8.91. The summed E-state index contributed by atoms with van der Waals surface area (Å²) in [4.78, 5) is 15.6. The molecule has 0 aromatic heterocycles. The summed E-state index contributed by atoms with van der Waals surface area (Å²) in [6.45, 7) is 2.84. The molecule has 0 amide bonds. The van der Waals surface area contributed by atoms with Crippen LogP contribution in [-0.4, -0.2) is 47.1 Å². The number of hydrogen-bond acceptors (Lipinski definition) is 4. The van der Waals surface area contributed by atoms with Gasteiger partial charge in [0.1, 0.15) is 11.5 Å². The van der Waals surface area contributed by atoms with Crippen molar-refractivity contribution in [2.75, 3.05) is 19.7 Å². The van der Waals surface area contributed by atoms with Gasteiger partial charge in [-0.3, -0.25) is 9.69 Å². The Hall–Kier alpha value is -2.17. The number of phenols is 1. The summed E-state index contributed by atoms with van der Waals surface area (Å²) >= 11 is 0. The van der Waals surface area contributed by atoms with E-state index >= 15 is 0 Å². The van der Waals surface area contributed by atoms with Gasteiger partial charge in [-0.1, -0.05) is 42.5 Å². The first-order valence-corrected chi connectivity index (χ1v) is 12.9. The number of benzene rings is 2. The van der Waals surface area contributed by atoms with E-state index in [0.717, 1.165) is 56.7 Å². The number of likely N-dealkylation sites (tertiary alicyclic amines) is 1. The predicted molar refractivity (Wildman–Crippen MR) is 128 cm³/mol. The van der Waals surface area contributed by atoms with Crippen LogP contribution >= 0.6 is 0 Å². The number of ketones is 1. The number of aryl methyl sites for hydroxylation is 1. The maximum Gasteiger partial charge on any atom is 0.134 e. The van der Waals surface area contributed by atoms with E-state index in [0.29, 0.717) is 31.0 Å². The van der Waals surface area contributed by atoms with Gasteiger partial charge in [0, 0.05) is 43.0 Å². The van der Waals surface area contributed by atoms with Crippen molar-refractivity contribution in [3.8, 4) is 5.75 Å². The minimum Gasteiger partial charge on any atom is -0.508 e. The third-order valence-corrected chi connectivity index (χ3v) is 8.91. The fourth-order valence-electron chi connectivity index (χ4n) is 7.28. The summed E-state index contributed by atoms with van der Waals surface area (Å²) in [6, 6.07) is 16.8. The quantitative estimate of drug-likeness (QED) is 0.622.